The summed E-state index contributed by atoms with van der Waals surface area (Å²) in [6, 6.07) is 4.24. The summed E-state index contributed by atoms with van der Waals surface area (Å²) in [6.45, 7) is 4.65. The highest BCUT2D eigenvalue weighted by molar-refractivity contribution is 5.51. The molecule has 3 nitrogen and oxygen atoms in total. The number of hydrogen-bond donors (Lipinski definition) is 0. The lowest BCUT2D eigenvalue weighted by molar-refractivity contribution is 0.398. The van der Waals surface area contributed by atoms with Crippen molar-refractivity contribution in [2.45, 2.75) is 13.3 Å². The van der Waals surface area contributed by atoms with Crippen molar-refractivity contribution in [3.8, 4) is 0 Å². The quantitative estimate of drug-likeness (QED) is 0.752. The molecule has 0 atom stereocenters. The summed E-state index contributed by atoms with van der Waals surface area (Å²) in [7, 11) is 4.03. The summed E-state index contributed by atoms with van der Waals surface area (Å²) in [6.07, 6.45) is 3.26. The van der Waals surface area contributed by atoms with E-state index in [1.54, 1.807) is 0 Å². The van der Waals surface area contributed by atoms with Gasteiger partial charge in [0.1, 0.15) is 5.82 Å². The highest BCUT2D eigenvalue weighted by atomic mass is 15.2. The van der Waals surface area contributed by atoms with Crippen LogP contribution >= 0.6 is 0 Å². The molecular weight excluding hydrogens is 186 g/mol. The van der Waals surface area contributed by atoms with Crippen molar-refractivity contribution in [1.82, 2.24) is 4.98 Å². The molecule has 2 heterocycles. The molecule has 1 aliphatic rings. The van der Waals surface area contributed by atoms with Gasteiger partial charge in [-0.25, -0.2) is 4.98 Å². The van der Waals surface area contributed by atoms with E-state index in [0.717, 1.165) is 11.7 Å². The predicted molar refractivity (Wildman–Crippen MR) is 64.6 cm³/mol. The Bertz CT molecular complexity index is 312. The summed E-state index contributed by atoms with van der Waals surface area (Å²) in [5.74, 6) is 1.91. The third-order valence-corrected chi connectivity index (χ3v) is 3.09. The highest BCUT2D eigenvalue weighted by Gasteiger charge is 2.25. The first-order valence-electron chi connectivity index (χ1n) is 5.59. The van der Waals surface area contributed by atoms with Crippen LogP contribution in [0.1, 0.15) is 13.3 Å². The van der Waals surface area contributed by atoms with Crippen LogP contribution < -0.4 is 9.80 Å². The molecule has 0 spiro atoms. The molecule has 1 aromatic heterocycles. The van der Waals surface area contributed by atoms with Gasteiger partial charge in [0.15, 0.2) is 0 Å². The predicted octanol–water partition coefficient (Wildman–Crippen LogP) is 1.99. The second-order valence-corrected chi connectivity index (χ2v) is 4.45. The van der Waals surface area contributed by atoms with Gasteiger partial charge in [0, 0.05) is 27.2 Å². The molecule has 2 rings (SSSR count). The molecule has 0 bridgehead atoms. The maximum atomic E-state index is 4.42. The maximum absolute atomic E-state index is 4.42. The van der Waals surface area contributed by atoms with Gasteiger partial charge in [0.25, 0.3) is 0 Å². The molecule has 1 aliphatic heterocycles. The van der Waals surface area contributed by atoms with Crippen LogP contribution in [-0.2, 0) is 0 Å². The fourth-order valence-corrected chi connectivity index (χ4v) is 1.87. The standard InChI is InChI=1S/C12H19N3/c1-4-10-8-15(9-10)11-5-6-12(13-7-11)14(2)3/h5-7,10H,4,8-9H2,1-3H3. The molecule has 1 aromatic rings. The molecule has 0 unspecified atom stereocenters. The van der Waals surface area contributed by atoms with Crippen molar-refractivity contribution < 1.29 is 0 Å². The average Bonchev–Trinajstić information content (AvgIpc) is 2.17. The molecule has 0 N–H and O–H groups in total. The van der Waals surface area contributed by atoms with Crippen LogP contribution in [0.2, 0.25) is 0 Å². The number of aromatic nitrogens is 1. The van der Waals surface area contributed by atoms with Crippen LogP contribution in [0.3, 0.4) is 0 Å². The summed E-state index contributed by atoms with van der Waals surface area (Å²) in [4.78, 5) is 8.83. The molecular formula is C12H19N3. The third-order valence-electron chi connectivity index (χ3n) is 3.09. The second-order valence-electron chi connectivity index (χ2n) is 4.45. The minimum atomic E-state index is 0.888. The number of anilines is 2. The summed E-state index contributed by atoms with van der Waals surface area (Å²) >= 11 is 0. The number of nitrogens with zero attached hydrogens (tertiary/aromatic N) is 3. The van der Waals surface area contributed by atoms with E-state index < -0.39 is 0 Å². The summed E-state index contributed by atoms with van der Waals surface area (Å²) in [5, 5.41) is 0. The van der Waals surface area contributed by atoms with Crippen molar-refractivity contribution in [1.29, 1.82) is 0 Å². The van der Waals surface area contributed by atoms with Gasteiger partial charge in [0.2, 0.25) is 0 Å². The van der Waals surface area contributed by atoms with Gasteiger partial charge in [-0.2, -0.15) is 0 Å². The smallest absolute Gasteiger partial charge is 0.128 e. The molecule has 3 heteroatoms. The zero-order chi connectivity index (χ0) is 10.8. The van der Waals surface area contributed by atoms with Gasteiger partial charge in [-0.3, -0.25) is 0 Å². The zero-order valence-electron chi connectivity index (χ0n) is 9.77. The van der Waals surface area contributed by atoms with Gasteiger partial charge in [-0.15, -0.1) is 0 Å². The lowest BCUT2D eigenvalue weighted by Gasteiger charge is -2.40. The van der Waals surface area contributed by atoms with Crippen molar-refractivity contribution in [3.05, 3.63) is 18.3 Å². The minimum Gasteiger partial charge on any atom is -0.370 e. The maximum Gasteiger partial charge on any atom is 0.128 e. The van der Waals surface area contributed by atoms with Crippen LogP contribution in [0.25, 0.3) is 0 Å². The van der Waals surface area contributed by atoms with Crippen LogP contribution in [-0.4, -0.2) is 32.2 Å². The molecule has 1 saturated heterocycles. The normalized spacial score (nSPS) is 16.3. The number of pyridine rings is 1. The lowest BCUT2D eigenvalue weighted by Crippen LogP contribution is -2.46. The van der Waals surface area contributed by atoms with Crippen LogP contribution in [0.4, 0.5) is 11.5 Å². The Balaban J connectivity index is 1.99. The van der Waals surface area contributed by atoms with E-state index >= 15 is 0 Å². The van der Waals surface area contributed by atoms with E-state index in [2.05, 4.69) is 28.9 Å². The Kier molecular flexibility index (Phi) is 2.80. The van der Waals surface area contributed by atoms with Crippen molar-refractivity contribution in [3.63, 3.8) is 0 Å². The van der Waals surface area contributed by atoms with E-state index in [1.165, 1.54) is 25.2 Å². The molecule has 1 fully saturated rings. The van der Waals surface area contributed by atoms with Gasteiger partial charge >= 0.3 is 0 Å². The first-order chi connectivity index (χ1) is 7.20. The van der Waals surface area contributed by atoms with E-state index in [4.69, 9.17) is 0 Å². The summed E-state index contributed by atoms with van der Waals surface area (Å²) in [5.41, 5.74) is 1.25. The van der Waals surface area contributed by atoms with Crippen molar-refractivity contribution in [2.75, 3.05) is 37.0 Å². The Morgan fingerprint density at radius 3 is 2.60 bits per heavy atom. The first kappa shape index (κ1) is 10.3. The Hall–Kier alpha value is -1.25. The monoisotopic (exact) mass is 205 g/mol. The topological polar surface area (TPSA) is 19.4 Å². The molecule has 0 aromatic carbocycles. The van der Waals surface area contributed by atoms with E-state index in [1.807, 2.05) is 25.2 Å². The zero-order valence-corrected chi connectivity index (χ0v) is 9.77. The molecule has 82 valence electrons. The van der Waals surface area contributed by atoms with Crippen molar-refractivity contribution >= 4 is 11.5 Å². The van der Waals surface area contributed by atoms with Gasteiger partial charge in [-0.05, 0) is 24.5 Å². The van der Waals surface area contributed by atoms with Gasteiger partial charge in [-0.1, -0.05) is 6.92 Å². The fourth-order valence-electron chi connectivity index (χ4n) is 1.87. The van der Waals surface area contributed by atoms with Crippen LogP contribution in [0, 0.1) is 5.92 Å². The van der Waals surface area contributed by atoms with Crippen molar-refractivity contribution in [2.24, 2.45) is 5.92 Å². The van der Waals surface area contributed by atoms with E-state index in [-0.39, 0.29) is 0 Å². The van der Waals surface area contributed by atoms with Gasteiger partial charge in [0.05, 0.1) is 11.9 Å². The van der Waals surface area contributed by atoms with E-state index in [0.29, 0.717) is 0 Å². The van der Waals surface area contributed by atoms with Crippen LogP contribution in [0.5, 0.6) is 0 Å². The summed E-state index contributed by atoms with van der Waals surface area (Å²) < 4.78 is 0. The molecule has 0 saturated carbocycles. The van der Waals surface area contributed by atoms with Gasteiger partial charge < -0.3 is 9.80 Å². The molecule has 0 aliphatic carbocycles. The Morgan fingerprint density at radius 2 is 2.13 bits per heavy atom. The fraction of sp³-hybridized carbons (Fsp3) is 0.583. The second kappa shape index (κ2) is 4.09. The third kappa shape index (κ3) is 2.06. The number of rotatable bonds is 3. The average molecular weight is 205 g/mol. The molecule has 0 radical (unpaired) electrons. The number of hydrogen-bond acceptors (Lipinski definition) is 3. The molecule has 0 amide bonds. The Labute approximate surface area is 91.7 Å². The van der Waals surface area contributed by atoms with Crippen LogP contribution in [0.15, 0.2) is 18.3 Å². The SMILES string of the molecule is CCC1CN(c2ccc(N(C)C)nc2)C1. The lowest BCUT2D eigenvalue weighted by atomic mass is 9.97. The minimum absolute atomic E-state index is 0.888. The highest BCUT2D eigenvalue weighted by Crippen LogP contribution is 2.26. The largest absolute Gasteiger partial charge is 0.370 e. The molecule has 15 heavy (non-hydrogen) atoms. The Morgan fingerprint density at radius 1 is 1.40 bits per heavy atom. The van der Waals surface area contributed by atoms with E-state index in [9.17, 15) is 0 Å². The first-order valence-corrected chi connectivity index (χ1v) is 5.59.